The van der Waals surface area contributed by atoms with Crippen LogP contribution in [0.25, 0.3) is 0 Å². The predicted molar refractivity (Wildman–Crippen MR) is 126 cm³/mol. The molecule has 2 aromatic rings. The highest BCUT2D eigenvalue weighted by Gasteiger charge is 2.19. The molecule has 1 atom stereocenters. The third-order valence-corrected chi connectivity index (χ3v) is 5.47. The van der Waals surface area contributed by atoms with Gasteiger partial charge in [-0.1, -0.05) is 38.1 Å². The average molecular weight is 411 g/mol. The summed E-state index contributed by atoms with van der Waals surface area (Å²) in [5, 5.41) is 0. The number of rotatable bonds is 10. The number of ether oxygens (including phenoxy) is 1. The second-order valence-electron chi connectivity index (χ2n) is 8.88. The van der Waals surface area contributed by atoms with Crippen LogP contribution in [0.2, 0.25) is 0 Å². The monoisotopic (exact) mass is 410 g/mol. The number of nitrogens with zero attached hydrogens (tertiary/aromatic N) is 2. The van der Waals surface area contributed by atoms with Gasteiger partial charge >= 0.3 is 0 Å². The Bertz CT molecular complexity index is 780. The second-order valence-corrected chi connectivity index (χ2v) is 8.88. The van der Waals surface area contributed by atoms with Crippen LogP contribution in [0.15, 0.2) is 48.5 Å². The zero-order chi connectivity index (χ0) is 22.3. The van der Waals surface area contributed by atoms with Gasteiger partial charge < -0.3 is 14.5 Å². The molecule has 4 nitrogen and oxygen atoms in total. The molecule has 0 saturated heterocycles. The zero-order valence-electron chi connectivity index (χ0n) is 19.7. The third kappa shape index (κ3) is 7.08. The van der Waals surface area contributed by atoms with E-state index in [4.69, 9.17) is 4.74 Å². The van der Waals surface area contributed by atoms with Gasteiger partial charge in [-0.15, -0.1) is 0 Å². The maximum absolute atomic E-state index is 12.3. The van der Waals surface area contributed by atoms with Gasteiger partial charge in [0.2, 0.25) is 5.91 Å². The van der Waals surface area contributed by atoms with E-state index >= 15 is 0 Å². The van der Waals surface area contributed by atoms with E-state index in [-0.39, 0.29) is 12.0 Å². The molecule has 0 unspecified atom stereocenters. The van der Waals surface area contributed by atoms with Crippen molar-refractivity contribution in [2.75, 3.05) is 25.5 Å². The number of benzene rings is 2. The van der Waals surface area contributed by atoms with E-state index < -0.39 is 0 Å². The Hall–Kier alpha value is -2.49. The van der Waals surface area contributed by atoms with Crippen LogP contribution in [0, 0.1) is 5.92 Å². The van der Waals surface area contributed by atoms with Crippen molar-refractivity contribution in [2.45, 2.75) is 59.6 Å². The van der Waals surface area contributed by atoms with Crippen LogP contribution in [0.1, 0.15) is 58.1 Å². The van der Waals surface area contributed by atoms with Crippen molar-refractivity contribution >= 4 is 11.6 Å². The molecule has 2 aromatic carbocycles. The van der Waals surface area contributed by atoms with Gasteiger partial charge in [0.1, 0.15) is 5.75 Å². The molecule has 0 N–H and O–H groups in total. The van der Waals surface area contributed by atoms with Crippen molar-refractivity contribution in [1.29, 1.82) is 0 Å². The molecule has 0 radical (unpaired) electrons. The minimum absolute atomic E-state index is 0.120. The van der Waals surface area contributed by atoms with E-state index in [0.29, 0.717) is 18.4 Å². The van der Waals surface area contributed by atoms with Crippen LogP contribution in [-0.2, 0) is 11.3 Å². The van der Waals surface area contributed by atoms with Gasteiger partial charge in [0.25, 0.3) is 0 Å². The first kappa shape index (κ1) is 23.8. The van der Waals surface area contributed by atoms with Gasteiger partial charge in [-0.05, 0) is 67.5 Å². The lowest BCUT2D eigenvalue weighted by Gasteiger charge is -2.27. The SMILES string of the molecule is CC(=O)N(CC[C@@H](c1ccc(OC(C)C)cc1)C(C)C)Cc1ccc(N(C)C)cc1. The largest absolute Gasteiger partial charge is 0.491 e. The first-order valence-corrected chi connectivity index (χ1v) is 11.0. The molecule has 164 valence electrons. The standard InChI is InChI=1S/C26H38N2O2/c1-19(2)26(23-10-14-25(15-11-23)30-20(3)4)16-17-28(21(5)29)18-22-8-12-24(13-9-22)27(6)7/h8-15,19-20,26H,16-18H2,1-7H3/t26-/m1/s1. The Balaban J connectivity index is 2.05. The Labute approximate surface area is 182 Å². The van der Waals surface area contributed by atoms with E-state index in [0.717, 1.165) is 30.0 Å². The highest BCUT2D eigenvalue weighted by atomic mass is 16.5. The lowest BCUT2D eigenvalue weighted by atomic mass is 9.85. The number of hydrogen-bond donors (Lipinski definition) is 0. The minimum Gasteiger partial charge on any atom is -0.491 e. The van der Waals surface area contributed by atoms with Gasteiger partial charge in [-0.3, -0.25) is 4.79 Å². The first-order valence-electron chi connectivity index (χ1n) is 11.0. The van der Waals surface area contributed by atoms with E-state index in [1.165, 1.54) is 5.56 Å². The molecule has 2 rings (SSSR count). The van der Waals surface area contributed by atoms with Crippen LogP contribution in [0.5, 0.6) is 5.75 Å². The smallest absolute Gasteiger partial charge is 0.219 e. The first-order chi connectivity index (χ1) is 14.2. The van der Waals surface area contributed by atoms with Crippen LogP contribution < -0.4 is 9.64 Å². The van der Waals surface area contributed by atoms with E-state index in [1.54, 1.807) is 6.92 Å². The predicted octanol–water partition coefficient (Wildman–Crippen LogP) is 5.72. The fourth-order valence-corrected chi connectivity index (χ4v) is 3.71. The highest BCUT2D eigenvalue weighted by molar-refractivity contribution is 5.73. The van der Waals surface area contributed by atoms with Gasteiger partial charge in [0.15, 0.2) is 0 Å². The Morgan fingerprint density at radius 3 is 2.00 bits per heavy atom. The Kier molecular flexibility index (Phi) is 8.76. The summed E-state index contributed by atoms with van der Waals surface area (Å²) < 4.78 is 5.77. The molecule has 0 heterocycles. The second kappa shape index (κ2) is 11.1. The summed E-state index contributed by atoms with van der Waals surface area (Å²) in [6.45, 7) is 11.6. The maximum Gasteiger partial charge on any atom is 0.219 e. The summed E-state index contributed by atoms with van der Waals surface area (Å²) >= 11 is 0. The molecule has 30 heavy (non-hydrogen) atoms. The average Bonchev–Trinajstić information content (AvgIpc) is 2.68. The topological polar surface area (TPSA) is 32.8 Å². The molecular weight excluding hydrogens is 372 g/mol. The molecule has 1 amide bonds. The van der Waals surface area contributed by atoms with Gasteiger partial charge in [-0.25, -0.2) is 0 Å². The molecule has 0 aliphatic carbocycles. The quantitative estimate of drug-likeness (QED) is 0.502. The lowest BCUT2D eigenvalue weighted by Crippen LogP contribution is -2.30. The van der Waals surface area contributed by atoms with Gasteiger partial charge in [0.05, 0.1) is 6.10 Å². The summed E-state index contributed by atoms with van der Waals surface area (Å²) in [7, 11) is 4.06. The summed E-state index contributed by atoms with van der Waals surface area (Å²) in [4.78, 5) is 16.3. The lowest BCUT2D eigenvalue weighted by molar-refractivity contribution is -0.129. The number of hydrogen-bond acceptors (Lipinski definition) is 3. The fourth-order valence-electron chi connectivity index (χ4n) is 3.71. The molecule has 0 aliphatic heterocycles. The molecule has 0 aromatic heterocycles. The van der Waals surface area contributed by atoms with E-state index in [1.807, 2.05) is 32.8 Å². The van der Waals surface area contributed by atoms with Gasteiger partial charge in [-0.2, -0.15) is 0 Å². The molecule has 4 heteroatoms. The fraction of sp³-hybridized carbons (Fsp3) is 0.500. The molecule has 0 aliphatic rings. The molecular formula is C26H38N2O2. The molecule has 0 fully saturated rings. The molecule has 0 bridgehead atoms. The minimum atomic E-state index is 0.120. The van der Waals surface area contributed by atoms with Gasteiger partial charge in [0, 0.05) is 39.8 Å². The number of anilines is 1. The number of amides is 1. The van der Waals surface area contributed by atoms with Crippen LogP contribution in [0.3, 0.4) is 0 Å². The van der Waals surface area contributed by atoms with Crippen molar-refractivity contribution in [3.63, 3.8) is 0 Å². The van der Waals surface area contributed by atoms with Crippen molar-refractivity contribution in [3.8, 4) is 5.75 Å². The normalized spacial score (nSPS) is 12.2. The Morgan fingerprint density at radius 2 is 1.53 bits per heavy atom. The summed E-state index contributed by atoms with van der Waals surface area (Å²) in [6, 6.07) is 16.9. The van der Waals surface area contributed by atoms with Crippen LogP contribution in [0.4, 0.5) is 5.69 Å². The summed E-state index contributed by atoms with van der Waals surface area (Å²) in [6.07, 6.45) is 1.12. The van der Waals surface area contributed by atoms with Crippen LogP contribution in [-0.4, -0.2) is 37.6 Å². The molecule has 0 spiro atoms. The van der Waals surface area contributed by atoms with Crippen LogP contribution >= 0.6 is 0 Å². The molecule has 0 saturated carbocycles. The van der Waals surface area contributed by atoms with E-state index in [9.17, 15) is 4.79 Å². The van der Waals surface area contributed by atoms with Crippen molar-refractivity contribution in [1.82, 2.24) is 4.90 Å². The zero-order valence-corrected chi connectivity index (χ0v) is 19.7. The number of carbonyl (C=O) groups is 1. The van der Waals surface area contributed by atoms with Crippen molar-refractivity contribution in [3.05, 3.63) is 59.7 Å². The van der Waals surface area contributed by atoms with Crippen molar-refractivity contribution < 1.29 is 9.53 Å². The summed E-state index contributed by atoms with van der Waals surface area (Å²) in [5.41, 5.74) is 3.63. The third-order valence-electron chi connectivity index (χ3n) is 5.47. The van der Waals surface area contributed by atoms with E-state index in [2.05, 4.69) is 67.3 Å². The highest BCUT2D eigenvalue weighted by Crippen LogP contribution is 2.30. The van der Waals surface area contributed by atoms with Crippen molar-refractivity contribution in [2.24, 2.45) is 5.92 Å². The number of carbonyl (C=O) groups excluding carboxylic acids is 1. The maximum atomic E-state index is 12.3. The summed E-state index contributed by atoms with van der Waals surface area (Å²) in [5.74, 6) is 1.92. The Morgan fingerprint density at radius 1 is 0.933 bits per heavy atom.